The van der Waals surface area contributed by atoms with Gasteiger partial charge < -0.3 is 4.90 Å². The molecule has 1 aromatic rings. The minimum Gasteiger partial charge on any atom is -0.333 e. The lowest BCUT2D eigenvalue weighted by molar-refractivity contribution is 0.257. The van der Waals surface area contributed by atoms with Gasteiger partial charge >= 0.3 is 0 Å². The van der Waals surface area contributed by atoms with E-state index in [9.17, 15) is 4.39 Å². The van der Waals surface area contributed by atoms with Crippen LogP contribution in [-0.4, -0.2) is 33.6 Å². The number of halogens is 1. The molecule has 1 fully saturated rings. The number of aliphatic imine (C=N–C) groups is 2. The predicted molar refractivity (Wildman–Crippen MR) is 86.5 cm³/mol. The maximum absolute atomic E-state index is 14.2. The molecule has 3 heterocycles. The van der Waals surface area contributed by atoms with E-state index >= 15 is 0 Å². The highest BCUT2D eigenvalue weighted by atomic mass is 19.2. The number of allylic oxidation sites excluding steroid dienone is 3. The molecule has 0 amide bonds. The fourth-order valence-electron chi connectivity index (χ4n) is 2.75. The summed E-state index contributed by atoms with van der Waals surface area (Å²) in [4.78, 5) is 14.5. The third-order valence-electron chi connectivity index (χ3n) is 4.29. The largest absolute Gasteiger partial charge is 0.333 e. The van der Waals surface area contributed by atoms with Crippen molar-refractivity contribution in [2.75, 3.05) is 0 Å². The Morgan fingerprint density at radius 3 is 2.73 bits per heavy atom. The van der Waals surface area contributed by atoms with Gasteiger partial charge in [0.15, 0.2) is 5.79 Å². The first-order valence-corrected chi connectivity index (χ1v) is 7.34. The molecule has 22 heavy (non-hydrogen) atoms. The van der Waals surface area contributed by atoms with Gasteiger partial charge in [0, 0.05) is 29.9 Å². The molecule has 2 unspecified atom stereocenters. The highest BCUT2D eigenvalue weighted by Crippen LogP contribution is 2.46. The second kappa shape index (κ2) is 5.48. The summed E-state index contributed by atoms with van der Waals surface area (Å²) in [5.41, 5.74) is 3.69. The summed E-state index contributed by atoms with van der Waals surface area (Å²) in [5, 5.41) is 0. The van der Waals surface area contributed by atoms with E-state index in [1.165, 1.54) is 0 Å². The van der Waals surface area contributed by atoms with Crippen LogP contribution < -0.4 is 0 Å². The molecule has 1 saturated heterocycles. The lowest BCUT2D eigenvalue weighted by Gasteiger charge is -2.14. The average Bonchev–Trinajstić information content (AvgIpc) is 3.04. The normalized spacial score (nSPS) is 30.8. The van der Waals surface area contributed by atoms with Gasteiger partial charge in [-0.05, 0) is 44.5 Å². The van der Waals surface area contributed by atoms with Gasteiger partial charge in [-0.25, -0.2) is 4.39 Å². The molecule has 0 bridgehead atoms. The molecule has 1 aromatic heterocycles. The van der Waals surface area contributed by atoms with Crippen LogP contribution in [0.1, 0.15) is 26.3 Å². The summed E-state index contributed by atoms with van der Waals surface area (Å²) in [6, 6.07) is 3.76. The minimum absolute atomic E-state index is 0.103. The molecule has 4 nitrogen and oxygen atoms in total. The van der Waals surface area contributed by atoms with Crippen molar-refractivity contribution in [3.8, 4) is 0 Å². The van der Waals surface area contributed by atoms with E-state index in [0.29, 0.717) is 6.54 Å². The van der Waals surface area contributed by atoms with Crippen LogP contribution in [0.4, 0.5) is 4.39 Å². The van der Waals surface area contributed by atoms with Crippen LogP contribution in [0.2, 0.25) is 0 Å². The fourth-order valence-corrected chi connectivity index (χ4v) is 2.75. The van der Waals surface area contributed by atoms with E-state index in [-0.39, 0.29) is 6.04 Å². The van der Waals surface area contributed by atoms with Crippen LogP contribution >= 0.6 is 0 Å². The molecule has 0 aromatic carbocycles. The van der Waals surface area contributed by atoms with Gasteiger partial charge in [0.1, 0.15) is 0 Å². The number of nitrogens with zero attached hydrogens (tertiary/aromatic N) is 4. The third kappa shape index (κ3) is 2.58. The monoisotopic (exact) mass is 298 g/mol. The number of rotatable bonds is 3. The first-order chi connectivity index (χ1) is 10.5. The highest BCUT2D eigenvalue weighted by molar-refractivity contribution is 6.40. The molecule has 0 spiro atoms. The van der Waals surface area contributed by atoms with Crippen molar-refractivity contribution in [3.63, 3.8) is 0 Å². The van der Waals surface area contributed by atoms with Crippen LogP contribution in [-0.2, 0) is 6.54 Å². The summed E-state index contributed by atoms with van der Waals surface area (Å²) >= 11 is 0. The molecule has 2 aliphatic rings. The average molecular weight is 298 g/mol. The van der Waals surface area contributed by atoms with Crippen LogP contribution in [0.3, 0.4) is 0 Å². The summed E-state index contributed by atoms with van der Waals surface area (Å²) in [6.45, 7) is 5.98. The highest BCUT2D eigenvalue weighted by Gasteiger charge is 2.58. The van der Waals surface area contributed by atoms with E-state index in [1.54, 1.807) is 36.6 Å². The van der Waals surface area contributed by atoms with Crippen LogP contribution in [0.15, 0.2) is 58.1 Å². The summed E-state index contributed by atoms with van der Waals surface area (Å²) in [7, 11) is 0. The van der Waals surface area contributed by atoms with Gasteiger partial charge in [-0.15, -0.1) is 0 Å². The van der Waals surface area contributed by atoms with E-state index in [2.05, 4.69) is 15.0 Å². The van der Waals surface area contributed by atoms with Gasteiger partial charge in [-0.3, -0.25) is 15.0 Å². The molecule has 2 atom stereocenters. The van der Waals surface area contributed by atoms with Gasteiger partial charge in [-0.1, -0.05) is 0 Å². The van der Waals surface area contributed by atoms with E-state index in [1.807, 2.05) is 32.1 Å². The SMILES string of the molecule is C/C(=C1/C=CN=CC1=NCc1ccncc1)N1C(C)C1(C)F. The van der Waals surface area contributed by atoms with E-state index < -0.39 is 5.79 Å². The maximum atomic E-state index is 14.2. The minimum atomic E-state index is -1.27. The van der Waals surface area contributed by atoms with Crippen LogP contribution in [0.25, 0.3) is 0 Å². The van der Waals surface area contributed by atoms with Crippen molar-refractivity contribution in [2.24, 2.45) is 9.98 Å². The Balaban J connectivity index is 1.87. The van der Waals surface area contributed by atoms with Crippen molar-refractivity contribution < 1.29 is 4.39 Å². The topological polar surface area (TPSA) is 40.6 Å². The smallest absolute Gasteiger partial charge is 0.200 e. The Bertz CT molecular complexity index is 686. The zero-order valence-electron chi connectivity index (χ0n) is 13.0. The zero-order chi connectivity index (χ0) is 15.7. The first-order valence-electron chi connectivity index (χ1n) is 7.34. The van der Waals surface area contributed by atoms with Crippen molar-refractivity contribution in [3.05, 3.63) is 53.6 Å². The lowest BCUT2D eigenvalue weighted by atomic mass is 10.1. The Morgan fingerprint density at radius 1 is 1.41 bits per heavy atom. The zero-order valence-corrected chi connectivity index (χ0v) is 13.0. The Labute approximate surface area is 129 Å². The molecule has 114 valence electrons. The van der Waals surface area contributed by atoms with Gasteiger partial charge in [0.25, 0.3) is 0 Å². The fraction of sp³-hybridized carbons (Fsp3) is 0.353. The number of hydrogen-bond donors (Lipinski definition) is 0. The Hall–Kier alpha value is -2.30. The number of pyridine rings is 1. The quantitative estimate of drug-likeness (QED) is 0.634. The molecule has 0 aliphatic carbocycles. The Kier molecular flexibility index (Phi) is 3.64. The number of alkyl halides is 1. The summed E-state index contributed by atoms with van der Waals surface area (Å²) in [6.07, 6.45) is 8.83. The van der Waals surface area contributed by atoms with Gasteiger partial charge in [-0.2, -0.15) is 0 Å². The predicted octanol–water partition coefficient (Wildman–Crippen LogP) is 3.28. The molecule has 2 aliphatic heterocycles. The Morgan fingerprint density at radius 2 is 2.09 bits per heavy atom. The molecule has 5 heteroatoms. The second-order valence-corrected chi connectivity index (χ2v) is 5.72. The van der Waals surface area contributed by atoms with E-state index in [0.717, 1.165) is 22.5 Å². The van der Waals surface area contributed by atoms with Gasteiger partial charge in [0.05, 0.1) is 24.5 Å². The maximum Gasteiger partial charge on any atom is 0.200 e. The molecule has 0 radical (unpaired) electrons. The van der Waals surface area contributed by atoms with Gasteiger partial charge in [0.2, 0.25) is 0 Å². The van der Waals surface area contributed by atoms with Crippen molar-refractivity contribution in [1.29, 1.82) is 0 Å². The molecule has 0 N–H and O–H groups in total. The molecule has 3 rings (SSSR count). The molecular formula is C17H19FN4. The molecule has 0 saturated carbocycles. The second-order valence-electron chi connectivity index (χ2n) is 5.72. The first kappa shape index (κ1) is 14.6. The van der Waals surface area contributed by atoms with Crippen molar-refractivity contribution >= 4 is 11.9 Å². The van der Waals surface area contributed by atoms with E-state index in [4.69, 9.17) is 0 Å². The standard InChI is InChI=1S/C17H19FN4/c1-12(22-13(2)17(22,3)18)15-6-9-20-11-16(15)21-10-14-4-7-19-8-5-14/h4-9,11,13H,10H2,1-3H3/b15-12+,21-16?. The van der Waals surface area contributed by atoms with Crippen LogP contribution in [0.5, 0.6) is 0 Å². The van der Waals surface area contributed by atoms with Crippen molar-refractivity contribution in [1.82, 2.24) is 9.88 Å². The molecular weight excluding hydrogens is 279 g/mol. The number of aromatic nitrogens is 1. The summed E-state index contributed by atoms with van der Waals surface area (Å²) in [5.74, 6) is -1.27. The van der Waals surface area contributed by atoms with Crippen molar-refractivity contribution in [2.45, 2.75) is 39.2 Å². The third-order valence-corrected chi connectivity index (χ3v) is 4.29. The summed E-state index contributed by atoms with van der Waals surface area (Å²) < 4.78 is 14.2. The lowest BCUT2D eigenvalue weighted by Crippen LogP contribution is -2.14. The number of hydrogen-bond acceptors (Lipinski definition) is 4. The van der Waals surface area contributed by atoms with Crippen LogP contribution in [0, 0.1) is 0 Å².